The van der Waals surface area contributed by atoms with Crippen molar-refractivity contribution in [3.63, 3.8) is 0 Å². The summed E-state index contributed by atoms with van der Waals surface area (Å²) in [6.45, 7) is 0. The van der Waals surface area contributed by atoms with Crippen molar-refractivity contribution in [3.8, 4) is 17.8 Å². The molecule has 1 aliphatic rings. The molecule has 0 saturated carbocycles. The molecule has 4 nitrogen and oxygen atoms in total. The summed E-state index contributed by atoms with van der Waals surface area (Å²) >= 11 is 0. The van der Waals surface area contributed by atoms with E-state index < -0.39 is 35.8 Å². The van der Waals surface area contributed by atoms with Crippen LogP contribution >= 0.6 is 0 Å². The van der Waals surface area contributed by atoms with E-state index in [1.54, 1.807) is 12.1 Å². The maximum atomic E-state index is 13.8. The smallest absolute Gasteiger partial charge is 0.382 e. The average Bonchev–Trinajstić information content (AvgIpc) is 2.98. The van der Waals surface area contributed by atoms with Crippen molar-refractivity contribution in [1.29, 1.82) is 10.5 Å². The van der Waals surface area contributed by atoms with Crippen LogP contribution in [0.2, 0.25) is 0 Å². The van der Waals surface area contributed by atoms with Crippen LogP contribution in [0.5, 0.6) is 0 Å². The quantitative estimate of drug-likeness (QED) is 0.778. The van der Waals surface area contributed by atoms with E-state index in [-0.39, 0.29) is 28.9 Å². The number of fused-ring (bicyclic) bond motifs is 1. The number of aliphatic hydroxyl groups excluding tert-OH is 1. The Morgan fingerprint density at radius 1 is 1.15 bits per heavy atom. The molecule has 0 saturated heterocycles. The van der Waals surface area contributed by atoms with Crippen LogP contribution < -0.4 is 0 Å². The van der Waals surface area contributed by atoms with Gasteiger partial charge in [0.05, 0.1) is 16.7 Å². The van der Waals surface area contributed by atoms with E-state index in [4.69, 9.17) is 10.5 Å². The van der Waals surface area contributed by atoms with Crippen molar-refractivity contribution in [1.82, 2.24) is 4.57 Å². The van der Waals surface area contributed by atoms with E-state index in [1.165, 1.54) is 18.2 Å². The van der Waals surface area contributed by atoms with Crippen LogP contribution in [0.25, 0.3) is 5.69 Å². The minimum absolute atomic E-state index is 0.0416. The molecule has 1 unspecified atom stereocenters. The normalized spacial score (nSPS) is 18.7. The summed E-state index contributed by atoms with van der Waals surface area (Å²) in [5.41, 5.74) is -2.18. The fourth-order valence-corrected chi connectivity index (χ4v) is 3.08. The van der Waals surface area contributed by atoms with E-state index in [0.29, 0.717) is 6.20 Å². The van der Waals surface area contributed by atoms with Gasteiger partial charge in [0.25, 0.3) is 5.92 Å². The first kappa shape index (κ1) is 17.9. The summed E-state index contributed by atoms with van der Waals surface area (Å²) in [5.74, 6) is -3.67. The van der Waals surface area contributed by atoms with Gasteiger partial charge in [0.2, 0.25) is 0 Å². The van der Waals surface area contributed by atoms with Gasteiger partial charge in [-0.1, -0.05) is 0 Å². The first-order valence-corrected chi connectivity index (χ1v) is 7.42. The molecule has 0 fully saturated rings. The Hall–Kier alpha value is -2.91. The highest BCUT2D eigenvalue weighted by Crippen LogP contribution is 2.48. The number of hydrogen-bond acceptors (Lipinski definition) is 3. The van der Waals surface area contributed by atoms with Gasteiger partial charge in [-0.25, -0.2) is 8.78 Å². The molecule has 1 aromatic carbocycles. The standard InChI is InChI=1S/C17H10F5N3O/c18-16(19)4-3-13-14(15(16)26)12(17(20,21)22)8-25(13)11-2-1-9(6-23)10(5-11)7-24/h1-2,5,8,15,26H,3-4H2. The molecule has 0 spiro atoms. The van der Waals surface area contributed by atoms with Gasteiger partial charge in [0.15, 0.2) is 0 Å². The molecule has 1 aromatic heterocycles. The highest BCUT2D eigenvalue weighted by Gasteiger charge is 2.50. The molecular formula is C17H10F5N3O. The molecule has 2 aromatic rings. The second kappa shape index (κ2) is 5.82. The zero-order valence-corrected chi connectivity index (χ0v) is 13.0. The Morgan fingerprint density at radius 2 is 1.81 bits per heavy atom. The lowest BCUT2D eigenvalue weighted by Crippen LogP contribution is -2.33. The second-order valence-electron chi connectivity index (χ2n) is 5.89. The zero-order valence-electron chi connectivity index (χ0n) is 13.0. The molecule has 1 N–H and O–H groups in total. The van der Waals surface area contributed by atoms with Gasteiger partial charge in [-0.05, 0) is 24.6 Å². The topological polar surface area (TPSA) is 72.7 Å². The van der Waals surface area contributed by atoms with Gasteiger partial charge in [0.1, 0.15) is 18.2 Å². The Labute approximate surface area is 144 Å². The molecule has 1 aliphatic carbocycles. The number of aromatic nitrogens is 1. The van der Waals surface area contributed by atoms with Gasteiger partial charge in [0, 0.05) is 29.6 Å². The summed E-state index contributed by atoms with van der Waals surface area (Å²) in [6.07, 6.45) is -8.05. The number of rotatable bonds is 1. The molecule has 0 aliphatic heterocycles. The van der Waals surface area contributed by atoms with Crippen LogP contribution in [0.1, 0.15) is 40.5 Å². The molecule has 9 heteroatoms. The third kappa shape index (κ3) is 2.71. The molecule has 1 heterocycles. The van der Waals surface area contributed by atoms with Crippen LogP contribution in [-0.4, -0.2) is 15.6 Å². The third-order valence-electron chi connectivity index (χ3n) is 4.35. The Balaban J connectivity index is 2.26. The fourth-order valence-electron chi connectivity index (χ4n) is 3.08. The number of nitrogens with zero attached hydrogens (tertiary/aromatic N) is 3. The van der Waals surface area contributed by atoms with Gasteiger partial charge < -0.3 is 9.67 Å². The maximum Gasteiger partial charge on any atom is 0.418 e. The molecule has 0 amide bonds. The highest BCUT2D eigenvalue weighted by molar-refractivity contribution is 5.54. The van der Waals surface area contributed by atoms with Crippen molar-refractivity contribution in [3.05, 3.63) is 52.3 Å². The van der Waals surface area contributed by atoms with Crippen molar-refractivity contribution in [2.24, 2.45) is 0 Å². The van der Waals surface area contributed by atoms with E-state index >= 15 is 0 Å². The number of benzene rings is 1. The minimum Gasteiger partial charge on any atom is -0.382 e. The van der Waals surface area contributed by atoms with E-state index in [2.05, 4.69) is 0 Å². The lowest BCUT2D eigenvalue weighted by Gasteiger charge is -2.29. The SMILES string of the molecule is N#Cc1ccc(-n2cc(C(F)(F)F)c3c2CCC(F)(F)C3O)cc1C#N. The molecule has 0 radical (unpaired) electrons. The summed E-state index contributed by atoms with van der Waals surface area (Å²) in [6, 6.07) is 7.34. The van der Waals surface area contributed by atoms with Crippen molar-refractivity contribution in [2.45, 2.75) is 31.0 Å². The van der Waals surface area contributed by atoms with Crippen molar-refractivity contribution < 1.29 is 27.1 Å². The Bertz CT molecular complexity index is 962. The lowest BCUT2D eigenvalue weighted by molar-refractivity contribution is -0.147. The van der Waals surface area contributed by atoms with Crippen LogP contribution in [-0.2, 0) is 12.6 Å². The van der Waals surface area contributed by atoms with E-state index in [9.17, 15) is 27.1 Å². The molecule has 134 valence electrons. The maximum absolute atomic E-state index is 13.8. The van der Waals surface area contributed by atoms with Crippen LogP contribution in [0.4, 0.5) is 22.0 Å². The van der Waals surface area contributed by atoms with E-state index in [1.807, 2.05) is 0 Å². The number of alkyl halides is 5. The molecule has 1 atom stereocenters. The minimum atomic E-state index is -4.94. The second-order valence-corrected chi connectivity index (χ2v) is 5.89. The number of halogens is 5. The van der Waals surface area contributed by atoms with Crippen LogP contribution in [0, 0.1) is 22.7 Å². The number of hydrogen-bond donors (Lipinski definition) is 1. The third-order valence-corrected chi connectivity index (χ3v) is 4.35. The van der Waals surface area contributed by atoms with Crippen LogP contribution in [0.15, 0.2) is 24.4 Å². The predicted molar refractivity (Wildman–Crippen MR) is 78.4 cm³/mol. The fraction of sp³-hybridized carbons (Fsp3) is 0.294. The number of aliphatic hydroxyl groups is 1. The van der Waals surface area contributed by atoms with Crippen molar-refractivity contribution in [2.75, 3.05) is 0 Å². The predicted octanol–water partition coefficient (Wildman–Crippen LogP) is 3.85. The van der Waals surface area contributed by atoms with Gasteiger partial charge in [-0.2, -0.15) is 23.7 Å². The van der Waals surface area contributed by atoms with Gasteiger partial charge in [-0.15, -0.1) is 0 Å². The molecular weight excluding hydrogens is 357 g/mol. The molecule has 26 heavy (non-hydrogen) atoms. The Morgan fingerprint density at radius 3 is 2.38 bits per heavy atom. The monoisotopic (exact) mass is 367 g/mol. The van der Waals surface area contributed by atoms with E-state index in [0.717, 1.165) is 4.57 Å². The number of nitriles is 2. The van der Waals surface area contributed by atoms with Gasteiger partial charge >= 0.3 is 6.18 Å². The summed E-state index contributed by atoms with van der Waals surface area (Å²) < 4.78 is 68.6. The van der Waals surface area contributed by atoms with Crippen LogP contribution in [0.3, 0.4) is 0 Å². The Kier molecular flexibility index (Phi) is 4.01. The summed E-state index contributed by atoms with van der Waals surface area (Å²) in [5, 5.41) is 27.8. The molecule has 3 rings (SSSR count). The average molecular weight is 367 g/mol. The summed E-state index contributed by atoms with van der Waals surface area (Å²) in [4.78, 5) is 0. The van der Waals surface area contributed by atoms with Crippen molar-refractivity contribution >= 4 is 0 Å². The first-order chi connectivity index (χ1) is 12.1. The van der Waals surface area contributed by atoms with Gasteiger partial charge in [-0.3, -0.25) is 0 Å². The molecule has 0 bridgehead atoms. The first-order valence-electron chi connectivity index (χ1n) is 7.42. The zero-order chi connectivity index (χ0) is 19.3. The highest BCUT2D eigenvalue weighted by atomic mass is 19.4. The largest absolute Gasteiger partial charge is 0.418 e. The lowest BCUT2D eigenvalue weighted by atomic mass is 9.89. The summed E-state index contributed by atoms with van der Waals surface area (Å²) in [7, 11) is 0.